The van der Waals surface area contributed by atoms with Crippen LogP contribution in [0.4, 0.5) is 0 Å². The predicted molar refractivity (Wildman–Crippen MR) is 102 cm³/mol. The molecule has 128 valence electrons. The minimum atomic E-state index is 0.340. The van der Waals surface area contributed by atoms with Gasteiger partial charge in [0.25, 0.3) is 0 Å². The highest BCUT2D eigenvalue weighted by atomic mass is 16.5. The van der Waals surface area contributed by atoms with E-state index >= 15 is 0 Å². The van der Waals surface area contributed by atoms with Crippen molar-refractivity contribution in [1.29, 1.82) is 0 Å². The monoisotopic (exact) mass is 332 g/mol. The van der Waals surface area contributed by atoms with Crippen molar-refractivity contribution in [3.63, 3.8) is 0 Å². The topological polar surface area (TPSA) is 34.1 Å². The lowest BCUT2D eigenvalue weighted by Gasteiger charge is -2.15. The number of nitrogens with one attached hydrogen (secondary N) is 1. The number of hydrogen-bond acceptors (Lipinski definition) is 3. The van der Waals surface area contributed by atoms with Crippen LogP contribution in [0.2, 0.25) is 0 Å². The lowest BCUT2D eigenvalue weighted by molar-refractivity contribution is 0.199. The average Bonchev–Trinajstić information content (AvgIpc) is 3.16. The van der Waals surface area contributed by atoms with Crippen LogP contribution >= 0.6 is 0 Å². The molecule has 1 N–H and O–H groups in total. The molecule has 2 aromatic carbocycles. The molecule has 1 aliphatic rings. The molecule has 1 fully saturated rings. The highest BCUT2D eigenvalue weighted by molar-refractivity contribution is 5.85. The van der Waals surface area contributed by atoms with E-state index in [1.807, 2.05) is 12.3 Å². The third kappa shape index (κ3) is 3.83. The maximum absolute atomic E-state index is 6.13. The van der Waals surface area contributed by atoms with Crippen molar-refractivity contribution in [2.45, 2.75) is 44.9 Å². The van der Waals surface area contributed by atoms with Gasteiger partial charge in [-0.25, -0.2) is 4.98 Å². The van der Waals surface area contributed by atoms with Crippen LogP contribution in [-0.2, 0) is 13.1 Å². The fourth-order valence-electron chi connectivity index (χ4n) is 3.61. The summed E-state index contributed by atoms with van der Waals surface area (Å²) in [6.07, 6.45) is 7.00. The van der Waals surface area contributed by atoms with E-state index in [4.69, 9.17) is 4.74 Å². The molecule has 0 spiro atoms. The van der Waals surface area contributed by atoms with Crippen LogP contribution in [0.25, 0.3) is 10.8 Å². The Bertz CT molecular complexity index is 835. The molecule has 3 nitrogen and oxygen atoms in total. The first-order chi connectivity index (χ1) is 12.4. The summed E-state index contributed by atoms with van der Waals surface area (Å²) < 4.78 is 6.13. The van der Waals surface area contributed by atoms with Crippen LogP contribution in [0.3, 0.4) is 0 Å². The molecule has 4 rings (SSSR count). The van der Waals surface area contributed by atoms with Crippen molar-refractivity contribution in [2.24, 2.45) is 0 Å². The SMILES string of the molecule is c1cnc(OC2CCCC2)c(CNCc2cccc3ccccc23)c1. The second-order valence-electron chi connectivity index (χ2n) is 6.73. The second kappa shape index (κ2) is 7.66. The first-order valence-corrected chi connectivity index (χ1v) is 9.18. The Balaban J connectivity index is 1.43. The minimum absolute atomic E-state index is 0.340. The smallest absolute Gasteiger partial charge is 0.218 e. The van der Waals surface area contributed by atoms with Gasteiger partial charge in [-0.1, -0.05) is 48.5 Å². The molecule has 3 heteroatoms. The van der Waals surface area contributed by atoms with E-state index in [0.29, 0.717) is 6.10 Å². The van der Waals surface area contributed by atoms with Crippen molar-refractivity contribution in [3.8, 4) is 5.88 Å². The Morgan fingerprint density at radius 1 is 0.880 bits per heavy atom. The summed E-state index contributed by atoms with van der Waals surface area (Å²) in [5.41, 5.74) is 2.45. The number of aromatic nitrogens is 1. The van der Waals surface area contributed by atoms with Crippen LogP contribution in [0.15, 0.2) is 60.8 Å². The van der Waals surface area contributed by atoms with E-state index < -0.39 is 0 Å². The number of pyridine rings is 1. The van der Waals surface area contributed by atoms with Crippen LogP contribution in [0, 0.1) is 0 Å². The first-order valence-electron chi connectivity index (χ1n) is 9.18. The number of nitrogens with zero attached hydrogens (tertiary/aromatic N) is 1. The van der Waals surface area contributed by atoms with E-state index in [1.165, 1.54) is 29.2 Å². The Kier molecular flexibility index (Phi) is 4.93. The third-order valence-corrected chi connectivity index (χ3v) is 4.94. The molecule has 1 saturated carbocycles. The zero-order valence-corrected chi connectivity index (χ0v) is 14.4. The minimum Gasteiger partial charge on any atom is -0.474 e. The number of benzene rings is 2. The van der Waals surface area contributed by atoms with Gasteiger partial charge in [-0.3, -0.25) is 0 Å². The Morgan fingerprint density at radius 3 is 2.56 bits per heavy atom. The zero-order valence-electron chi connectivity index (χ0n) is 14.4. The summed E-state index contributed by atoms with van der Waals surface area (Å²) in [5, 5.41) is 6.15. The summed E-state index contributed by atoms with van der Waals surface area (Å²) >= 11 is 0. The van der Waals surface area contributed by atoms with E-state index in [-0.39, 0.29) is 0 Å². The van der Waals surface area contributed by atoms with Gasteiger partial charge in [0, 0.05) is 24.8 Å². The van der Waals surface area contributed by atoms with Crippen LogP contribution in [-0.4, -0.2) is 11.1 Å². The quantitative estimate of drug-likeness (QED) is 0.701. The summed E-state index contributed by atoms with van der Waals surface area (Å²) in [6, 6.07) is 19.1. The van der Waals surface area contributed by atoms with E-state index in [2.05, 4.69) is 58.8 Å². The van der Waals surface area contributed by atoms with Gasteiger partial charge in [-0.2, -0.15) is 0 Å². The van der Waals surface area contributed by atoms with Gasteiger partial charge in [-0.05, 0) is 48.1 Å². The standard InChI is InChI=1S/C22H24N2O/c1-4-13-21-17(7-1)8-5-9-18(21)15-23-16-19-10-6-14-24-22(19)25-20-11-2-3-12-20/h1,4-10,13-14,20,23H,2-3,11-12,15-16H2. The summed E-state index contributed by atoms with van der Waals surface area (Å²) in [7, 11) is 0. The van der Waals surface area contributed by atoms with Crippen LogP contribution in [0.1, 0.15) is 36.8 Å². The maximum atomic E-state index is 6.13. The van der Waals surface area contributed by atoms with Gasteiger partial charge in [0.05, 0.1) is 0 Å². The normalized spacial score (nSPS) is 14.9. The molecular formula is C22H24N2O. The van der Waals surface area contributed by atoms with Gasteiger partial charge < -0.3 is 10.1 Å². The Labute approximate surface area is 149 Å². The number of ether oxygens (including phenoxy) is 1. The number of hydrogen-bond donors (Lipinski definition) is 1. The molecule has 3 aromatic rings. The fourth-order valence-corrected chi connectivity index (χ4v) is 3.61. The van der Waals surface area contributed by atoms with Crippen molar-refractivity contribution in [2.75, 3.05) is 0 Å². The van der Waals surface area contributed by atoms with Gasteiger partial charge >= 0.3 is 0 Å². The highest BCUT2D eigenvalue weighted by Gasteiger charge is 2.18. The van der Waals surface area contributed by atoms with Gasteiger partial charge in [-0.15, -0.1) is 0 Å². The van der Waals surface area contributed by atoms with E-state index in [9.17, 15) is 0 Å². The predicted octanol–water partition coefficient (Wildman–Crippen LogP) is 4.85. The lowest BCUT2D eigenvalue weighted by atomic mass is 10.0. The molecule has 0 unspecified atom stereocenters. The number of fused-ring (bicyclic) bond motifs is 1. The summed E-state index contributed by atoms with van der Waals surface area (Å²) in [5.74, 6) is 0.791. The molecule has 0 saturated heterocycles. The van der Waals surface area contributed by atoms with Crippen molar-refractivity contribution < 1.29 is 4.74 Å². The van der Waals surface area contributed by atoms with Gasteiger partial charge in [0.15, 0.2) is 0 Å². The summed E-state index contributed by atoms with van der Waals surface area (Å²) in [4.78, 5) is 4.46. The third-order valence-electron chi connectivity index (χ3n) is 4.94. The van der Waals surface area contributed by atoms with Gasteiger partial charge in [0.1, 0.15) is 6.10 Å². The molecule has 0 aliphatic heterocycles. The second-order valence-corrected chi connectivity index (χ2v) is 6.73. The van der Waals surface area contributed by atoms with Gasteiger partial charge in [0.2, 0.25) is 5.88 Å². The molecule has 1 heterocycles. The Hall–Kier alpha value is -2.39. The van der Waals surface area contributed by atoms with Crippen molar-refractivity contribution >= 4 is 10.8 Å². The molecule has 0 radical (unpaired) electrons. The maximum Gasteiger partial charge on any atom is 0.218 e. The van der Waals surface area contributed by atoms with Crippen LogP contribution < -0.4 is 10.1 Å². The van der Waals surface area contributed by atoms with Crippen molar-refractivity contribution in [3.05, 3.63) is 71.9 Å². The first kappa shape index (κ1) is 16.1. The largest absolute Gasteiger partial charge is 0.474 e. The zero-order chi connectivity index (χ0) is 16.9. The lowest BCUT2D eigenvalue weighted by Crippen LogP contribution is -2.17. The highest BCUT2D eigenvalue weighted by Crippen LogP contribution is 2.25. The van der Waals surface area contributed by atoms with Crippen LogP contribution in [0.5, 0.6) is 5.88 Å². The molecule has 1 aliphatic carbocycles. The molecule has 1 aromatic heterocycles. The summed E-state index contributed by atoms with van der Waals surface area (Å²) in [6.45, 7) is 1.60. The average molecular weight is 332 g/mol. The Morgan fingerprint density at radius 2 is 1.64 bits per heavy atom. The van der Waals surface area contributed by atoms with E-state index in [0.717, 1.165) is 37.4 Å². The van der Waals surface area contributed by atoms with Crippen molar-refractivity contribution in [1.82, 2.24) is 10.3 Å². The molecule has 0 atom stereocenters. The van der Waals surface area contributed by atoms with E-state index in [1.54, 1.807) is 0 Å². The number of rotatable bonds is 6. The fraction of sp³-hybridized carbons (Fsp3) is 0.318. The molecular weight excluding hydrogens is 308 g/mol. The molecule has 25 heavy (non-hydrogen) atoms. The molecule has 0 bridgehead atoms. The molecule has 0 amide bonds.